The van der Waals surface area contributed by atoms with Gasteiger partial charge >= 0.3 is 0 Å². The van der Waals surface area contributed by atoms with E-state index in [-0.39, 0.29) is 18.2 Å². The summed E-state index contributed by atoms with van der Waals surface area (Å²) in [6.45, 7) is 1.63. The van der Waals surface area contributed by atoms with Gasteiger partial charge in [-0.25, -0.2) is 4.98 Å². The van der Waals surface area contributed by atoms with Crippen LogP contribution in [0.3, 0.4) is 0 Å². The average Bonchev–Trinajstić information content (AvgIpc) is 3.16. The number of benzene rings is 2. The highest BCUT2D eigenvalue weighted by atomic mass is 16.2. The lowest BCUT2D eigenvalue weighted by atomic mass is 10.1. The summed E-state index contributed by atoms with van der Waals surface area (Å²) in [5.41, 5.74) is 3.13. The third kappa shape index (κ3) is 2.78. The maximum absolute atomic E-state index is 12.4. The lowest BCUT2D eigenvalue weighted by molar-refractivity contribution is -0.116. The summed E-state index contributed by atoms with van der Waals surface area (Å²) in [7, 11) is 0. The van der Waals surface area contributed by atoms with E-state index in [2.05, 4.69) is 15.3 Å². The Morgan fingerprint density at radius 3 is 2.68 bits per heavy atom. The van der Waals surface area contributed by atoms with E-state index in [1.54, 1.807) is 10.8 Å². The first-order valence-corrected chi connectivity index (χ1v) is 7.95. The van der Waals surface area contributed by atoms with Gasteiger partial charge in [0, 0.05) is 22.7 Å². The first-order valence-electron chi connectivity index (χ1n) is 7.95. The average molecular weight is 332 g/mol. The van der Waals surface area contributed by atoms with Crippen LogP contribution in [0.1, 0.15) is 17.3 Å². The maximum atomic E-state index is 12.4. The Hall–Kier alpha value is -3.41. The van der Waals surface area contributed by atoms with Crippen molar-refractivity contribution in [3.8, 4) is 0 Å². The normalized spacial score (nSPS) is 11.1. The van der Waals surface area contributed by atoms with Gasteiger partial charge in [0.15, 0.2) is 5.78 Å². The zero-order valence-corrected chi connectivity index (χ0v) is 13.6. The second kappa shape index (κ2) is 5.90. The van der Waals surface area contributed by atoms with Gasteiger partial charge in [-0.15, -0.1) is 0 Å². The number of Topliss-reactive ketones (excluding diaryl/α,β-unsaturated/α-hetero) is 1. The third-order valence-corrected chi connectivity index (χ3v) is 4.13. The Kier molecular flexibility index (Phi) is 3.57. The number of nitrogens with zero attached hydrogens (tertiary/aromatic N) is 2. The fourth-order valence-electron chi connectivity index (χ4n) is 3.00. The molecule has 6 heteroatoms. The number of hydrogen-bond donors (Lipinski definition) is 2. The van der Waals surface area contributed by atoms with Crippen LogP contribution in [0.2, 0.25) is 0 Å². The summed E-state index contributed by atoms with van der Waals surface area (Å²) in [6, 6.07) is 15.1. The molecule has 0 aliphatic carbocycles. The summed E-state index contributed by atoms with van der Waals surface area (Å²) in [6.07, 6.45) is 1.73. The molecule has 0 radical (unpaired) electrons. The van der Waals surface area contributed by atoms with Gasteiger partial charge in [-0.1, -0.05) is 30.3 Å². The smallest absolute Gasteiger partial charge is 0.246 e. The Labute approximate surface area is 143 Å². The first kappa shape index (κ1) is 15.1. The van der Waals surface area contributed by atoms with Gasteiger partial charge in [-0.05, 0) is 25.1 Å². The largest absolute Gasteiger partial charge is 0.337 e. The number of hydrogen-bond acceptors (Lipinski definition) is 3. The van der Waals surface area contributed by atoms with Crippen LogP contribution in [0.25, 0.3) is 21.9 Å². The van der Waals surface area contributed by atoms with Crippen LogP contribution in [-0.2, 0) is 11.3 Å². The minimum atomic E-state index is -0.213. The molecule has 0 unspecified atom stereocenters. The number of amides is 1. The summed E-state index contributed by atoms with van der Waals surface area (Å²) < 4.78 is 1.78. The van der Waals surface area contributed by atoms with Gasteiger partial charge in [-0.2, -0.15) is 0 Å². The summed E-state index contributed by atoms with van der Waals surface area (Å²) in [5, 5.41) is 3.62. The number of carbonyl (C=O) groups is 2. The van der Waals surface area contributed by atoms with Crippen LogP contribution in [-0.4, -0.2) is 26.2 Å². The first-order chi connectivity index (χ1) is 12.1. The van der Waals surface area contributed by atoms with Crippen LogP contribution < -0.4 is 5.32 Å². The maximum Gasteiger partial charge on any atom is 0.246 e. The van der Waals surface area contributed by atoms with Crippen LogP contribution in [0.15, 0.2) is 54.7 Å². The van der Waals surface area contributed by atoms with Crippen molar-refractivity contribution in [3.05, 3.63) is 60.3 Å². The van der Waals surface area contributed by atoms with Gasteiger partial charge in [0.05, 0.1) is 11.0 Å². The van der Waals surface area contributed by atoms with Crippen molar-refractivity contribution in [1.82, 2.24) is 14.5 Å². The molecule has 0 bridgehead atoms. The lowest BCUT2D eigenvalue weighted by Crippen LogP contribution is -2.19. The highest BCUT2D eigenvalue weighted by Gasteiger charge is 2.14. The van der Waals surface area contributed by atoms with Crippen molar-refractivity contribution >= 4 is 39.6 Å². The molecule has 0 saturated heterocycles. The molecule has 0 aliphatic heterocycles. The van der Waals surface area contributed by atoms with Crippen molar-refractivity contribution < 1.29 is 9.59 Å². The summed E-state index contributed by atoms with van der Waals surface area (Å²) in [5.74, 6) is 0.178. The molecule has 0 atom stereocenters. The van der Waals surface area contributed by atoms with E-state index >= 15 is 0 Å². The fourth-order valence-corrected chi connectivity index (χ4v) is 3.00. The number of para-hydroxylation sites is 3. The molecule has 4 aromatic rings. The second-order valence-electron chi connectivity index (χ2n) is 5.89. The number of H-pyrrole nitrogens is 1. The predicted molar refractivity (Wildman–Crippen MR) is 96.7 cm³/mol. The molecule has 0 saturated carbocycles. The molecule has 6 nitrogen and oxygen atoms in total. The lowest BCUT2D eigenvalue weighted by Gasteiger charge is -2.05. The number of fused-ring (bicyclic) bond motifs is 2. The molecular weight excluding hydrogens is 316 g/mol. The molecule has 2 N–H and O–H groups in total. The SMILES string of the molecule is CC(=O)c1cn(CC(=O)Nc2nc3ccccc3[nH]2)c2ccccc12. The van der Waals surface area contributed by atoms with Gasteiger partial charge < -0.3 is 9.55 Å². The fraction of sp³-hybridized carbons (Fsp3) is 0.105. The van der Waals surface area contributed by atoms with Crippen molar-refractivity contribution in [2.75, 3.05) is 5.32 Å². The zero-order chi connectivity index (χ0) is 17.4. The van der Waals surface area contributed by atoms with E-state index in [4.69, 9.17) is 0 Å². The molecule has 4 rings (SSSR count). The Morgan fingerprint density at radius 2 is 1.88 bits per heavy atom. The van der Waals surface area contributed by atoms with Crippen molar-refractivity contribution in [2.45, 2.75) is 13.5 Å². The highest BCUT2D eigenvalue weighted by molar-refractivity contribution is 6.07. The number of aromatic amines is 1. The van der Waals surface area contributed by atoms with E-state index in [9.17, 15) is 9.59 Å². The topological polar surface area (TPSA) is 79.8 Å². The molecule has 1 amide bonds. The quantitative estimate of drug-likeness (QED) is 0.562. The number of carbonyl (C=O) groups excluding carboxylic acids is 2. The molecule has 124 valence electrons. The standard InChI is InChI=1S/C19H16N4O2/c1-12(24)14-10-23(17-9-5-2-6-13(14)17)11-18(25)22-19-20-15-7-3-4-8-16(15)21-19/h2-10H,11H2,1H3,(H2,20,21,22,25). The molecule has 2 aromatic carbocycles. The van der Waals surface area contributed by atoms with E-state index < -0.39 is 0 Å². The summed E-state index contributed by atoms with van der Waals surface area (Å²) in [4.78, 5) is 31.6. The van der Waals surface area contributed by atoms with Gasteiger partial charge in [-0.3, -0.25) is 14.9 Å². The van der Waals surface area contributed by atoms with Crippen LogP contribution >= 0.6 is 0 Å². The van der Waals surface area contributed by atoms with E-state index in [0.29, 0.717) is 11.5 Å². The van der Waals surface area contributed by atoms with E-state index in [0.717, 1.165) is 21.9 Å². The van der Waals surface area contributed by atoms with E-state index in [1.807, 2.05) is 48.5 Å². The van der Waals surface area contributed by atoms with Gasteiger partial charge in [0.1, 0.15) is 6.54 Å². The number of ketones is 1. The number of rotatable bonds is 4. The number of nitrogens with one attached hydrogen (secondary N) is 2. The molecule has 2 heterocycles. The van der Waals surface area contributed by atoms with Crippen LogP contribution in [0.5, 0.6) is 0 Å². The molecule has 0 aliphatic rings. The Balaban J connectivity index is 1.60. The third-order valence-electron chi connectivity index (χ3n) is 4.13. The van der Waals surface area contributed by atoms with Crippen LogP contribution in [0, 0.1) is 0 Å². The molecule has 0 spiro atoms. The zero-order valence-electron chi connectivity index (χ0n) is 13.6. The molecule has 25 heavy (non-hydrogen) atoms. The molecule has 2 aromatic heterocycles. The minimum absolute atomic E-state index is 0.0207. The molecular formula is C19H16N4O2. The second-order valence-corrected chi connectivity index (χ2v) is 5.89. The van der Waals surface area contributed by atoms with Crippen LogP contribution in [0.4, 0.5) is 5.95 Å². The summed E-state index contributed by atoms with van der Waals surface area (Å²) >= 11 is 0. The van der Waals surface area contributed by atoms with Crippen molar-refractivity contribution in [1.29, 1.82) is 0 Å². The monoisotopic (exact) mass is 332 g/mol. The molecule has 0 fully saturated rings. The van der Waals surface area contributed by atoms with E-state index in [1.165, 1.54) is 6.92 Å². The minimum Gasteiger partial charge on any atom is -0.337 e. The number of aromatic nitrogens is 3. The van der Waals surface area contributed by atoms with Crippen molar-refractivity contribution in [2.24, 2.45) is 0 Å². The van der Waals surface area contributed by atoms with Gasteiger partial charge in [0.2, 0.25) is 11.9 Å². The highest BCUT2D eigenvalue weighted by Crippen LogP contribution is 2.22. The Bertz CT molecular complexity index is 1070. The van der Waals surface area contributed by atoms with Gasteiger partial charge in [0.25, 0.3) is 0 Å². The number of imidazole rings is 1. The Morgan fingerprint density at radius 1 is 1.12 bits per heavy atom. The van der Waals surface area contributed by atoms with Crippen molar-refractivity contribution in [3.63, 3.8) is 0 Å². The number of anilines is 1. The predicted octanol–water partition coefficient (Wildman–Crippen LogP) is 3.36.